The molecule has 0 radical (unpaired) electrons. The Labute approximate surface area is 71.2 Å². The highest BCUT2D eigenvalue weighted by Gasteiger charge is 2.16. The molecule has 0 nitrogen and oxygen atoms in total. The molecule has 1 heteroatoms. The molecular formula is C10H15P. The predicted octanol–water partition coefficient (Wildman–Crippen LogP) is 2.84. The maximum atomic E-state index is 2.80. The summed E-state index contributed by atoms with van der Waals surface area (Å²) in [6, 6.07) is 10.6. The van der Waals surface area contributed by atoms with Gasteiger partial charge in [0.15, 0.2) is 0 Å². The van der Waals surface area contributed by atoms with Crippen molar-refractivity contribution < 1.29 is 0 Å². The average molecular weight is 166 g/mol. The van der Waals surface area contributed by atoms with Crippen molar-refractivity contribution in [3.63, 3.8) is 0 Å². The van der Waals surface area contributed by atoms with Crippen molar-refractivity contribution >= 4 is 9.24 Å². The second kappa shape index (κ2) is 3.36. The number of benzene rings is 1. The van der Waals surface area contributed by atoms with Gasteiger partial charge in [-0.25, -0.2) is 0 Å². The molecule has 0 N–H and O–H groups in total. The molecule has 0 bridgehead atoms. The Morgan fingerprint density at radius 2 is 1.73 bits per heavy atom. The zero-order valence-electron chi connectivity index (χ0n) is 7.17. The minimum absolute atomic E-state index is 0.298. The third-order valence-electron chi connectivity index (χ3n) is 2.07. The summed E-state index contributed by atoms with van der Waals surface area (Å²) in [5.74, 6) is 0. The van der Waals surface area contributed by atoms with Gasteiger partial charge in [0.25, 0.3) is 0 Å². The van der Waals surface area contributed by atoms with Crippen molar-refractivity contribution in [3.05, 3.63) is 35.9 Å². The molecule has 1 aromatic rings. The number of hydrogen-bond acceptors (Lipinski definition) is 0. The first-order valence-electron chi connectivity index (χ1n) is 3.92. The lowest BCUT2D eigenvalue weighted by Gasteiger charge is -2.22. The van der Waals surface area contributed by atoms with Crippen LogP contribution >= 0.6 is 9.24 Å². The SMILES string of the molecule is CC(C)(CP)c1ccccc1. The van der Waals surface area contributed by atoms with E-state index in [0.29, 0.717) is 5.41 Å². The highest BCUT2D eigenvalue weighted by atomic mass is 31.0. The molecule has 0 heterocycles. The van der Waals surface area contributed by atoms with Gasteiger partial charge < -0.3 is 0 Å². The monoisotopic (exact) mass is 166 g/mol. The van der Waals surface area contributed by atoms with Crippen molar-refractivity contribution in [2.75, 3.05) is 6.16 Å². The van der Waals surface area contributed by atoms with Gasteiger partial charge in [-0.1, -0.05) is 44.2 Å². The van der Waals surface area contributed by atoms with Crippen LogP contribution in [0.15, 0.2) is 30.3 Å². The molecule has 0 saturated carbocycles. The van der Waals surface area contributed by atoms with Crippen molar-refractivity contribution in [1.29, 1.82) is 0 Å². The molecule has 0 amide bonds. The normalized spacial score (nSPS) is 11.5. The Kier molecular flexibility index (Phi) is 2.67. The molecule has 1 atom stereocenters. The Morgan fingerprint density at radius 3 is 2.18 bits per heavy atom. The molecular weight excluding hydrogens is 151 g/mol. The van der Waals surface area contributed by atoms with Crippen molar-refractivity contribution in [3.8, 4) is 0 Å². The van der Waals surface area contributed by atoms with E-state index in [1.807, 2.05) is 0 Å². The maximum Gasteiger partial charge on any atom is -0.00691 e. The van der Waals surface area contributed by atoms with E-state index in [2.05, 4.69) is 53.4 Å². The van der Waals surface area contributed by atoms with Crippen molar-refractivity contribution in [2.24, 2.45) is 0 Å². The lowest BCUT2D eigenvalue weighted by atomic mass is 9.87. The number of hydrogen-bond donors (Lipinski definition) is 0. The van der Waals surface area contributed by atoms with Gasteiger partial charge in [0.1, 0.15) is 0 Å². The van der Waals surface area contributed by atoms with Crippen LogP contribution in [0.3, 0.4) is 0 Å². The van der Waals surface area contributed by atoms with Crippen LogP contribution in [0, 0.1) is 0 Å². The van der Waals surface area contributed by atoms with Crippen LogP contribution in [-0.2, 0) is 5.41 Å². The van der Waals surface area contributed by atoms with Crippen LogP contribution < -0.4 is 0 Å². The van der Waals surface area contributed by atoms with Crippen molar-refractivity contribution in [2.45, 2.75) is 19.3 Å². The molecule has 0 spiro atoms. The summed E-state index contributed by atoms with van der Waals surface area (Å²) in [5, 5.41) is 0. The minimum atomic E-state index is 0.298. The third-order valence-corrected chi connectivity index (χ3v) is 3.09. The van der Waals surface area contributed by atoms with Gasteiger partial charge in [-0.15, -0.1) is 9.24 Å². The van der Waals surface area contributed by atoms with E-state index in [1.54, 1.807) is 0 Å². The van der Waals surface area contributed by atoms with Gasteiger partial charge in [0.05, 0.1) is 0 Å². The van der Waals surface area contributed by atoms with E-state index in [-0.39, 0.29) is 0 Å². The first-order valence-corrected chi connectivity index (χ1v) is 4.74. The Bertz CT molecular complexity index is 214. The lowest BCUT2D eigenvalue weighted by molar-refractivity contribution is 0.602. The summed E-state index contributed by atoms with van der Waals surface area (Å²) < 4.78 is 0. The Hall–Kier alpha value is -0.350. The lowest BCUT2D eigenvalue weighted by Crippen LogP contribution is -2.18. The summed E-state index contributed by atoms with van der Waals surface area (Å²) in [7, 11) is 2.80. The average Bonchev–Trinajstić information content (AvgIpc) is 2.06. The summed E-state index contributed by atoms with van der Waals surface area (Å²) >= 11 is 0. The highest BCUT2D eigenvalue weighted by Crippen LogP contribution is 2.24. The van der Waals surface area contributed by atoms with Crippen LogP contribution in [0.1, 0.15) is 19.4 Å². The summed E-state index contributed by atoms with van der Waals surface area (Å²) in [6.07, 6.45) is 1.11. The molecule has 1 unspecified atom stereocenters. The zero-order valence-corrected chi connectivity index (χ0v) is 8.33. The van der Waals surface area contributed by atoms with E-state index in [9.17, 15) is 0 Å². The first kappa shape index (κ1) is 8.74. The smallest absolute Gasteiger partial charge is 0.00691 e. The molecule has 11 heavy (non-hydrogen) atoms. The molecule has 0 saturated heterocycles. The van der Waals surface area contributed by atoms with Crippen LogP contribution in [0.25, 0.3) is 0 Å². The zero-order chi connectivity index (χ0) is 8.32. The van der Waals surface area contributed by atoms with Crippen LogP contribution in [-0.4, -0.2) is 6.16 Å². The fourth-order valence-corrected chi connectivity index (χ4v) is 1.24. The molecule has 0 aliphatic rings. The summed E-state index contributed by atoms with van der Waals surface area (Å²) in [4.78, 5) is 0. The molecule has 60 valence electrons. The van der Waals surface area contributed by atoms with E-state index in [1.165, 1.54) is 5.56 Å². The fraction of sp³-hybridized carbons (Fsp3) is 0.400. The van der Waals surface area contributed by atoms with E-state index in [0.717, 1.165) is 6.16 Å². The van der Waals surface area contributed by atoms with Crippen LogP contribution in [0.5, 0.6) is 0 Å². The minimum Gasteiger partial charge on any atom is -0.137 e. The van der Waals surface area contributed by atoms with Crippen LogP contribution in [0.2, 0.25) is 0 Å². The molecule has 0 aliphatic heterocycles. The molecule has 1 rings (SSSR count). The third kappa shape index (κ3) is 2.04. The largest absolute Gasteiger partial charge is 0.137 e. The fourth-order valence-electron chi connectivity index (χ4n) is 1.01. The Balaban J connectivity index is 2.93. The van der Waals surface area contributed by atoms with E-state index < -0.39 is 0 Å². The van der Waals surface area contributed by atoms with Gasteiger partial charge in [-0.2, -0.15) is 0 Å². The topological polar surface area (TPSA) is 0 Å². The summed E-state index contributed by atoms with van der Waals surface area (Å²) in [6.45, 7) is 4.52. The molecule has 0 fully saturated rings. The number of rotatable bonds is 2. The molecule has 1 aromatic carbocycles. The van der Waals surface area contributed by atoms with E-state index in [4.69, 9.17) is 0 Å². The molecule has 0 aliphatic carbocycles. The van der Waals surface area contributed by atoms with Gasteiger partial charge in [0, 0.05) is 0 Å². The standard InChI is InChI=1S/C10H15P/c1-10(2,8-11)9-6-4-3-5-7-9/h3-7H,8,11H2,1-2H3. The predicted molar refractivity (Wildman–Crippen MR) is 54.0 cm³/mol. The second-order valence-electron chi connectivity index (χ2n) is 3.45. The second-order valence-corrected chi connectivity index (χ2v) is 3.86. The van der Waals surface area contributed by atoms with Gasteiger partial charge in [-0.3, -0.25) is 0 Å². The Morgan fingerprint density at radius 1 is 1.18 bits per heavy atom. The quantitative estimate of drug-likeness (QED) is 0.592. The molecule has 0 aromatic heterocycles. The highest BCUT2D eigenvalue weighted by molar-refractivity contribution is 7.16. The van der Waals surface area contributed by atoms with Gasteiger partial charge >= 0.3 is 0 Å². The first-order chi connectivity index (χ1) is 5.17. The van der Waals surface area contributed by atoms with Gasteiger partial charge in [-0.05, 0) is 17.1 Å². The van der Waals surface area contributed by atoms with Crippen molar-refractivity contribution in [1.82, 2.24) is 0 Å². The van der Waals surface area contributed by atoms with Gasteiger partial charge in [0.2, 0.25) is 0 Å². The summed E-state index contributed by atoms with van der Waals surface area (Å²) in [5.41, 5.74) is 1.71. The van der Waals surface area contributed by atoms with E-state index >= 15 is 0 Å². The van der Waals surface area contributed by atoms with Crippen LogP contribution in [0.4, 0.5) is 0 Å². The maximum absolute atomic E-state index is 2.80.